The molecule has 2 rings (SSSR count). The molecule has 15 heavy (non-hydrogen) atoms. The van der Waals surface area contributed by atoms with Gasteiger partial charge in [0.05, 0.1) is 6.61 Å². The summed E-state index contributed by atoms with van der Waals surface area (Å²) in [6.45, 7) is 3.89. The summed E-state index contributed by atoms with van der Waals surface area (Å²) in [6.07, 6.45) is 3.30. The van der Waals surface area contributed by atoms with Gasteiger partial charge >= 0.3 is 0 Å². The minimum atomic E-state index is 0.676. The molecule has 2 nitrogen and oxygen atoms in total. The molecular formula is C13H19NO. The van der Waals surface area contributed by atoms with Crippen molar-refractivity contribution >= 4 is 0 Å². The van der Waals surface area contributed by atoms with E-state index in [0.717, 1.165) is 38.2 Å². The van der Waals surface area contributed by atoms with Gasteiger partial charge in [0.15, 0.2) is 0 Å². The number of nitrogens with two attached hydrogens (primary N) is 1. The molecule has 0 saturated carbocycles. The van der Waals surface area contributed by atoms with E-state index in [2.05, 4.69) is 25.1 Å². The molecule has 0 radical (unpaired) electrons. The first-order chi connectivity index (χ1) is 7.29. The van der Waals surface area contributed by atoms with E-state index < -0.39 is 0 Å². The zero-order valence-corrected chi connectivity index (χ0v) is 9.33. The van der Waals surface area contributed by atoms with Gasteiger partial charge in [-0.05, 0) is 42.5 Å². The molecule has 1 unspecified atom stereocenters. The molecule has 2 heteroatoms. The van der Waals surface area contributed by atoms with Crippen LogP contribution in [0.4, 0.5) is 0 Å². The van der Waals surface area contributed by atoms with E-state index >= 15 is 0 Å². The first kappa shape index (κ1) is 10.5. The van der Waals surface area contributed by atoms with E-state index in [1.165, 1.54) is 11.1 Å². The van der Waals surface area contributed by atoms with Crippen LogP contribution in [0, 0.1) is 5.92 Å². The van der Waals surface area contributed by atoms with Crippen LogP contribution < -0.4 is 10.5 Å². The van der Waals surface area contributed by atoms with E-state index in [9.17, 15) is 0 Å². The van der Waals surface area contributed by atoms with Gasteiger partial charge in [-0.25, -0.2) is 0 Å². The highest BCUT2D eigenvalue weighted by molar-refractivity contribution is 5.39. The maximum atomic E-state index is 5.55. The Morgan fingerprint density at radius 3 is 3.13 bits per heavy atom. The van der Waals surface area contributed by atoms with Crippen LogP contribution in [-0.2, 0) is 12.8 Å². The Kier molecular flexibility index (Phi) is 3.27. The fraction of sp³-hybridized carbons (Fsp3) is 0.538. The van der Waals surface area contributed by atoms with Gasteiger partial charge in [0.1, 0.15) is 5.75 Å². The number of hydrogen-bond donors (Lipinski definition) is 1. The van der Waals surface area contributed by atoms with Crippen LogP contribution in [0.2, 0.25) is 0 Å². The zero-order chi connectivity index (χ0) is 10.7. The summed E-state index contributed by atoms with van der Waals surface area (Å²) >= 11 is 0. The molecule has 0 bridgehead atoms. The van der Waals surface area contributed by atoms with Crippen molar-refractivity contribution in [2.75, 3.05) is 13.2 Å². The average Bonchev–Trinajstić information content (AvgIpc) is 2.65. The lowest BCUT2D eigenvalue weighted by Crippen LogP contribution is -2.08. The summed E-state index contributed by atoms with van der Waals surface area (Å²) in [5.74, 6) is 1.75. The lowest BCUT2D eigenvalue weighted by Gasteiger charge is -2.10. The third-order valence-electron chi connectivity index (χ3n) is 3.00. The SMILES string of the molecule is CC(CCN)Cc1ccc2c(c1)CCO2. The van der Waals surface area contributed by atoms with Crippen LogP contribution in [-0.4, -0.2) is 13.2 Å². The topological polar surface area (TPSA) is 35.2 Å². The molecule has 0 amide bonds. The Labute approximate surface area is 91.4 Å². The van der Waals surface area contributed by atoms with Crippen molar-refractivity contribution in [1.29, 1.82) is 0 Å². The highest BCUT2D eigenvalue weighted by Gasteiger charge is 2.12. The fourth-order valence-corrected chi connectivity index (χ4v) is 2.16. The monoisotopic (exact) mass is 205 g/mol. The maximum absolute atomic E-state index is 5.55. The number of rotatable bonds is 4. The minimum absolute atomic E-state index is 0.676. The molecule has 82 valence electrons. The molecule has 0 fully saturated rings. The van der Waals surface area contributed by atoms with Gasteiger partial charge in [-0.2, -0.15) is 0 Å². The van der Waals surface area contributed by atoms with Crippen LogP contribution in [0.1, 0.15) is 24.5 Å². The first-order valence-electron chi connectivity index (χ1n) is 5.74. The van der Waals surface area contributed by atoms with E-state index in [4.69, 9.17) is 10.5 Å². The smallest absolute Gasteiger partial charge is 0.122 e. The zero-order valence-electron chi connectivity index (χ0n) is 9.33. The Morgan fingerprint density at radius 1 is 1.47 bits per heavy atom. The second kappa shape index (κ2) is 4.67. The molecule has 1 atom stereocenters. The standard InChI is InChI=1S/C13H19NO/c1-10(4-6-14)8-11-2-3-13-12(9-11)5-7-15-13/h2-3,9-10H,4-8,14H2,1H3. The molecule has 0 saturated heterocycles. The first-order valence-corrected chi connectivity index (χ1v) is 5.74. The Morgan fingerprint density at radius 2 is 2.33 bits per heavy atom. The van der Waals surface area contributed by atoms with Crippen LogP contribution in [0.15, 0.2) is 18.2 Å². The number of benzene rings is 1. The largest absolute Gasteiger partial charge is 0.493 e. The van der Waals surface area contributed by atoms with Gasteiger partial charge in [-0.3, -0.25) is 0 Å². The third-order valence-corrected chi connectivity index (χ3v) is 3.00. The maximum Gasteiger partial charge on any atom is 0.122 e. The predicted molar refractivity (Wildman–Crippen MR) is 62.2 cm³/mol. The second-order valence-corrected chi connectivity index (χ2v) is 4.43. The normalized spacial score (nSPS) is 15.9. The van der Waals surface area contributed by atoms with Gasteiger partial charge in [-0.1, -0.05) is 19.1 Å². The van der Waals surface area contributed by atoms with Crippen LogP contribution in [0.5, 0.6) is 5.75 Å². The number of fused-ring (bicyclic) bond motifs is 1. The highest BCUT2D eigenvalue weighted by Crippen LogP contribution is 2.26. The van der Waals surface area contributed by atoms with Crippen molar-refractivity contribution in [3.8, 4) is 5.75 Å². The predicted octanol–water partition coefficient (Wildman–Crippen LogP) is 2.15. The van der Waals surface area contributed by atoms with Gasteiger partial charge in [0.25, 0.3) is 0 Å². The van der Waals surface area contributed by atoms with Gasteiger partial charge in [0.2, 0.25) is 0 Å². The van der Waals surface area contributed by atoms with Crippen molar-refractivity contribution < 1.29 is 4.74 Å². The second-order valence-electron chi connectivity index (χ2n) is 4.43. The van der Waals surface area contributed by atoms with E-state index in [1.807, 2.05) is 0 Å². The molecule has 2 N–H and O–H groups in total. The molecule has 1 aromatic carbocycles. The third kappa shape index (κ3) is 2.51. The van der Waals surface area contributed by atoms with E-state index in [-0.39, 0.29) is 0 Å². The van der Waals surface area contributed by atoms with Crippen LogP contribution in [0.25, 0.3) is 0 Å². The van der Waals surface area contributed by atoms with Gasteiger partial charge < -0.3 is 10.5 Å². The summed E-state index contributed by atoms with van der Waals surface area (Å²) in [6, 6.07) is 6.57. The number of ether oxygens (including phenoxy) is 1. The Balaban J connectivity index is 2.03. The molecule has 1 aliphatic heterocycles. The number of hydrogen-bond acceptors (Lipinski definition) is 2. The van der Waals surface area contributed by atoms with Crippen molar-refractivity contribution in [1.82, 2.24) is 0 Å². The van der Waals surface area contributed by atoms with E-state index in [0.29, 0.717) is 5.92 Å². The van der Waals surface area contributed by atoms with Crippen molar-refractivity contribution in [3.63, 3.8) is 0 Å². The molecule has 0 aliphatic carbocycles. The fourth-order valence-electron chi connectivity index (χ4n) is 2.16. The lowest BCUT2D eigenvalue weighted by molar-refractivity contribution is 0.357. The molecular weight excluding hydrogens is 186 g/mol. The van der Waals surface area contributed by atoms with Crippen molar-refractivity contribution in [2.45, 2.75) is 26.2 Å². The molecule has 0 aromatic heterocycles. The molecule has 1 heterocycles. The van der Waals surface area contributed by atoms with Crippen molar-refractivity contribution in [3.05, 3.63) is 29.3 Å². The van der Waals surface area contributed by atoms with Gasteiger partial charge in [0, 0.05) is 6.42 Å². The summed E-state index contributed by atoms with van der Waals surface area (Å²) in [7, 11) is 0. The van der Waals surface area contributed by atoms with Crippen LogP contribution in [0.3, 0.4) is 0 Å². The lowest BCUT2D eigenvalue weighted by atomic mass is 9.96. The van der Waals surface area contributed by atoms with Crippen molar-refractivity contribution in [2.24, 2.45) is 11.7 Å². The summed E-state index contributed by atoms with van der Waals surface area (Å²) < 4.78 is 5.49. The van der Waals surface area contributed by atoms with E-state index in [1.54, 1.807) is 0 Å². The molecule has 0 spiro atoms. The molecule has 1 aromatic rings. The summed E-state index contributed by atoms with van der Waals surface area (Å²) in [5, 5.41) is 0. The summed E-state index contributed by atoms with van der Waals surface area (Å²) in [4.78, 5) is 0. The van der Waals surface area contributed by atoms with Gasteiger partial charge in [-0.15, -0.1) is 0 Å². The van der Waals surface area contributed by atoms with Crippen LogP contribution >= 0.6 is 0 Å². The quantitative estimate of drug-likeness (QED) is 0.817. The molecule has 1 aliphatic rings. The minimum Gasteiger partial charge on any atom is -0.493 e. The Hall–Kier alpha value is -1.02. The summed E-state index contributed by atoms with van der Waals surface area (Å²) in [5.41, 5.74) is 8.34. The Bertz CT molecular complexity index is 335. The average molecular weight is 205 g/mol. The highest BCUT2D eigenvalue weighted by atomic mass is 16.5.